The quantitative estimate of drug-likeness (QED) is 0.890. The van der Waals surface area contributed by atoms with Gasteiger partial charge in [-0.15, -0.1) is 0 Å². The molecule has 1 N–H and O–H groups in total. The van der Waals surface area contributed by atoms with E-state index in [0.29, 0.717) is 0 Å². The number of hydrogen-bond acceptors (Lipinski definition) is 3. The van der Waals surface area contributed by atoms with Gasteiger partial charge in [0.05, 0.1) is 5.69 Å². The van der Waals surface area contributed by atoms with Gasteiger partial charge in [-0.1, -0.05) is 6.42 Å². The highest BCUT2D eigenvalue weighted by atomic mass is 16.4. The minimum absolute atomic E-state index is 0.0752. The number of carbonyl (C=O) groups is 1. The van der Waals surface area contributed by atoms with Crippen LogP contribution in [0.3, 0.4) is 0 Å². The maximum absolute atomic E-state index is 11.2. The Morgan fingerprint density at radius 3 is 2.56 bits per heavy atom. The Morgan fingerprint density at radius 1 is 1.39 bits per heavy atom. The van der Waals surface area contributed by atoms with E-state index in [2.05, 4.69) is 10.00 Å². The van der Waals surface area contributed by atoms with Crippen molar-refractivity contribution in [3.8, 4) is 0 Å². The van der Waals surface area contributed by atoms with Crippen LogP contribution < -0.4 is 0 Å². The summed E-state index contributed by atoms with van der Waals surface area (Å²) >= 11 is 0. The molecule has 1 saturated heterocycles. The fourth-order valence-electron chi connectivity index (χ4n) is 2.42. The summed E-state index contributed by atoms with van der Waals surface area (Å²) in [4.78, 5) is 13.5. The van der Waals surface area contributed by atoms with E-state index in [1.807, 2.05) is 13.8 Å². The first-order valence-electron chi connectivity index (χ1n) is 6.62. The number of rotatable bonds is 4. The average Bonchev–Trinajstić information content (AvgIpc) is 2.74. The van der Waals surface area contributed by atoms with Crippen LogP contribution in [0.25, 0.3) is 0 Å². The smallest absolute Gasteiger partial charge is 0.354 e. The molecule has 0 bridgehead atoms. The van der Waals surface area contributed by atoms with Gasteiger partial charge in [-0.05, 0) is 45.8 Å². The van der Waals surface area contributed by atoms with Gasteiger partial charge in [0.2, 0.25) is 0 Å². The molecule has 5 nitrogen and oxygen atoms in total. The zero-order valence-corrected chi connectivity index (χ0v) is 11.1. The molecule has 1 aliphatic heterocycles. The molecule has 0 aromatic carbocycles. The number of aromatic carboxylic acids is 1. The van der Waals surface area contributed by atoms with Gasteiger partial charge in [0, 0.05) is 12.6 Å². The van der Waals surface area contributed by atoms with Gasteiger partial charge < -0.3 is 5.11 Å². The van der Waals surface area contributed by atoms with E-state index in [1.54, 1.807) is 10.7 Å². The minimum Gasteiger partial charge on any atom is -0.477 e. The number of piperidine rings is 1. The fraction of sp³-hybridized carbons (Fsp3) is 0.692. The molecule has 1 aromatic rings. The molecule has 0 spiro atoms. The van der Waals surface area contributed by atoms with Crippen LogP contribution in [0.1, 0.15) is 55.3 Å². The number of likely N-dealkylation sites (tertiary alicyclic amines) is 1. The van der Waals surface area contributed by atoms with E-state index in [4.69, 9.17) is 5.11 Å². The van der Waals surface area contributed by atoms with Crippen LogP contribution >= 0.6 is 0 Å². The van der Waals surface area contributed by atoms with Crippen molar-refractivity contribution in [2.24, 2.45) is 0 Å². The van der Waals surface area contributed by atoms with Crippen LogP contribution in [0.15, 0.2) is 6.07 Å². The van der Waals surface area contributed by atoms with Crippen molar-refractivity contribution >= 4 is 5.97 Å². The molecule has 0 unspecified atom stereocenters. The highest BCUT2D eigenvalue weighted by molar-refractivity contribution is 5.85. The number of nitrogens with zero attached hydrogens (tertiary/aromatic N) is 3. The van der Waals surface area contributed by atoms with Crippen LogP contribution in [0, 0.1) is 0 Å². The summed E-state index contributed by atoms with van der Waals surface area (Å²) in [7, 11) is 0. The van der Waals surface area contributed by atoms with E-state index in [1.165, 1.54) is 19.3 Å². The predicted molar refractivity (Wildman–Crippen MR) is 68.7 cm³/mol. The molecule has 0 saturated carbocycles. The standard InChI is InChI=1S/C13H21N3O2/c1-10(2)16-12(13(17)18)8-11(14-16)9-15-6-4-3-5-7-15/h8,10H,3-7,9H2,1-2H3,(H,17,18). The molecular formula is C13H21N3O2. The molecular weight excluding hydrogens is 230 g/mol. The number of carboxylic acid groups (broad SMARTS) is 1. The van der Waals surface area contributed by atoms with Crippen molar-refractivity contribution in [2.45, 2.75) is 45.7 Å². The molecule has 1 fully saturated rings. The van der Waals surface area contributed by atoms with E-state index in [0.717, 1.165) is 25.3 Å². The van der Waals surface area contributed by atoms with Gasteiger partial charge in [-0.3, -0.25) is 9.58 Å². The van der Waals surface area contributed by atoms with E-state index in [-0.39, 0.29) is 11.7 Å². The third kappa shape index (κ3) is 2.90. The molecule has 18 heavy (non-hydrogen) atoms. The van der Waals surface area contributed by atoms with Crippen molar-refractivity contribution in [3.63, 3.8) is 0 Å². The molecule has 1 aliphatic rings. The van der Waals surface area contributed by atoms with E-state index in [9.17, 15) is 4.79 Å². The van der Waals surface area contributed by atoms with Gasteiger partial charge in [0.1, 0.15) is 5.69 Å². The van der Waals surface area contributed by atoms with Crippen molar-refractivity contribution in [3.05, 3.63) is 17.5 Å². The maximum atomic E-state index is 11.2. The van der Waals surface area contributed by atoms with Crippen LogP contribution in [-0.4, -0.2) is 38.8 Å². The van der Waals surface area contributed by atoms with Crippen molar-refractivity contribution in [1.82, 2.24) is 14.7 Å². The molecule has 2 heterocycles. The first kappa shape index (κ1) is 13.1. The normalized spacial score (nSPS) is 17.3. The van der Waals surface area contributed by atoms with Crippen molar-refractivity contribution < 1.29 is 9.90 Å². The highest BCUT2D eigenvalue weighted by Gasteiger charge is 2.18. The van der Waals surface area contributed by atoms with Crippen LogP contribution in [0.5, 0.6) is 0 Å². The third-order valence-corrected chi connectivity index (χ3v) is 3.33. The van der Waals surface area contributed by atoms with Gasteiger partial charge in [-0.2, -0.15) is 5.10 Å². The Bertz CT molecular complexity index is 420. The molecule has 2 rings (SSSR count). The third-order valence-electron chi connectivity index (χ3n) is 3.33. The Morgan fingerprint density at radius 2 is 2.06 bits per heavy atom. The topological polar surface area (TPSA) is 58.4 Å². The molecule has 5 heteroatoms. The fourth-order valence-corrected chi connectivity index (χ4v) is 2.42. The summed E-state index contributed by atoms with van der Waals surface area (Å²) in [6, 6.07) is 1.78. The molecule has 0 radical (unpaired) electrons. The summed E-state index contributed by atoms with van der Waals surface area (Å²) in [6.45, 7) is 6.85. The summed E-state index contributed by atoms with van der Waals surface area (Å²) in [5.41, 5.74) is 1.15. The monoisotopic (exact) mass is 251 g/mol. The van der Waals surface area contributed by atoms with Gasteiger partial charge >= 0.3 is 5.97 Å². The summed E-state index contributed by atoms with van der Waals surface area (Å²) < 4.78 is 1.60. The summed E-state index contributed by atoms with van der Waals surface area (Å²) in [6.07, 6.45) is 3.77. The van der Waals surface area contributed by atoms with Gasteiger partial charge in [-0.25, -0.2) is 4.79 Å². The Balaban J connectivity index is 2.13. The summed E-state index contributed by atoms with van der Waals surface area (Å²) in [5.74, 6) is -0.902. The average molecular weight is 251 g/mol. The minimum atomic E-state index is -0.902. The van der Waals surface area contributed by atoms with Gasteiger partial charge in [0.25, 0.3) is 0 Å². The Hall–Kier alpha value is -1.36. The largest absolute Gasteiger partial charge is 0.477 e. The first-order chi connectivity index (χ1) is 8.58. The van der Waals surface area contributed by atoms with Crippen molar-refractivity contribution in [1.29, 1.82) is 0 Å². The lowest BCUT2D eigenvalue weighted by atomic mass is 10.1. The van der Waals surface area contributed by atoms with Crippen molar-refractivity contribution in [2.75, 3.05) is 13.1 Å². The van der Waals surface area contributed by atoms with Crippen LogP contribution in [0.4, 0.5) is 0 Å². The second-order valence-electron chi connectivity index (χ2n) is 5.20. The molecule has 0 aliphatic carbocycles. The van der Waals surface area contributed by atoms with E-state index < -0.39 is 5.97 Å². The molecule has 0 atom stereocenters. The van der Waals surface area contributed by atoms with Crippen LogP contribution in [0.2, 0.25) is 0 Å². The number of aromatic nitrogens is 2. The Labute approximate surface area is 107 Å². The summed E-state index contributed by atoms with van der Waals surface area (Å²) in [5, 5.41) is 13.6. The maximum Gasteiger partial charge on any atom is 0.354 e. The second-order valence-corrected chi connectivity index (χ2v) is 5.20. The lowest BCUT2D eigenvalue weighted by Gasteiger charge is -2.25. The number of hydrogen-bond donors (Lipinski definition) is 1. The van der Waals surface area contributed by atoms with Crippen LogP contribution in [-0.2, 0) is 6.54 Å². The zero-order chi connectivity index (χ0) is 13.1. The van der Waals surface area contributed by atoms with E-state index >= 15 is 0 Å². The second kappa shape index (κ2) is 5.52. The first-order valence-corrected chi connectivity index (χ1v) is 6.62. The number of carboxylic acids is 1. The predicted octanol–water partition coefficient (Wildman–Crippen LogP) is 2.15. The lowest BCUT2D eigenvalue weighted by molar-refractivity contribution is 0.0681. The highest BCUT2D eigenvalue weighted by Crippen LogP contribution is 2.16. The zero-order valence-electron chi connectivity index (χ0n) is 11.1. The SMILES string of the molecule is CC(C)n1nc(CN2CCCCC2)cc1C(=O)O. The Kier molecular flexibility index (Phi) is 4.01. The van der Waals surface area contributed by atoms with Gasteiger partial charge in [0.15, 0.2) is 0 Å². The molecule has 0 amide bonds. The lowest BCUT2D eigenvalue weighted by Crippen LogP contribution is -2.29. The molecule has 100 valence electrons. The molecule has 1 aromatic heterocycles.